The van der Waals surface area contributed by atoms with Crippen molar-refractivity contribution in [2.24, 2.45) is 0 Å². The molecule has 3 aromatic rings. The molecule has 2 heterocycles. The number of hydrogen-bond donors (Lipinski definition) is 1. The molecule has 1 saturated carbocycles. The zero-order valence-corrected chi connectivity index (χ0v) is 20.5. The van der Waals surface area contributed by atoms with Gasteiger partial charge in [0.15, 0.2) is 0 Å². The molecule has 0 radical (unpaired) electrons. The van der Waals surface area contributed by atoms with Crippen LogP contribution in [-0.2, 0) is 16.1 Å². The van der Waals surface area contributed by atoms with Crippen molar-refractivity contribution in [1.29, 1.82) is 0 Å². The van der Waals surface area contributed by atoms with Crippen LogP contribution in [0.3, 0.4) is 0 Å². The molecule has 8 nitrogen and oxygen atoms in total. The topological polar surface area (TPSA) is 91.2 Å². The molecule has 1 fully saturated rings. The van der Waals surface area contributed by atoms with Crippen molar-refractivity contribution >= 4 is 27.8 Å². The normalized spacial score (nSPS) is 18.2. The Balaban J connectivity index is 1.37. The number of nitrogens with zero attached hydrogens (tertiary/aromatic N) is 4. The second kappa shape index (κ2) is 9.97. The number of carbonyl (C=O) groups is 1. The molecular weight excluding hydrogens is 498 g/mol. The molecule has 5 rings (SSSR count). The average Bonchev–Trinajstić information content (AvgIpc) is 3.31. The van der Waals surface area contributed by atoms with Gasteiger partial charge < -0.3 is 14.8 Å². The molecule has 34 heavy (non-hydrogen) atoms. The summed E-state index contributed by atoms with van der Waals surface area (Å²) in [4.78, 5) is 13.3. The van der Waals surface area contributed by atoms with E-state index in [1.165, 1.54) is 6.42 Å². The molecule has 2 aromatic carbocycles. The summed E-state index contributed by atoms with van der Waals surface area (Å²) >= 11 is 3.48. The van der Waals surface area contributed by atoms with Gasteiger partial charge >= 0.3 is 5.97 Å². The molecule has 1 aromatic heterocycles. The van der Waals surface area contributed by atoms with Gasteiger partial charge in [-0.05, 0) is 78.4 Å². The van der Waals surface area contributed by atoms with Gasteiger partial charge in [-0.1, -0.05) is 51.7 Å². The molecule has 9 heteroatoms. The van der Waals surface area contributed by atoms with E-state index in [0.717, 1.165) is 47.0 Å². The number of aromatic nitrogens is 4. The Morgan fingerprint density at radius 3 is 2.71 bits per heavy atom. The van der Waals surface area contributed by atoms with E-state index >= 15 is 0 Å². The van der Waals surface area contributed by atoms with Crippen molar-refractivity contribution in [2.45, 2.75) is 57.8 Å². The molecule has 1 atom stereocenters. The van der Waals surface area contributed by atoms with Gasteiger partial charge in [0.2, 0.25) is 5.95 Å². The number of rotatable bonds is 6. The van der Waals surface area contributed by atoms with Crippen LogP contribution in [0.1, 0.15) is 56.2 Å². The van der Waals surface area contributed by atoms with Crippen LogP contribution in [0.5, 0.6) is 5.75 Å². The highest BCUT2D eigenvalue weighted by Gasteiger charge is 2.36. The summed E-state index contributed by atoms with van der Waals surface area (Å²) in [5, 5.41) is 15.2. The summed E-state index contributed by atoms with van der Waals surface area (Å²) in [6.45, 7) is 2.32. The summed E-state index contributed by atoms with van der Waals surface area (Å²) < 4.78 is 14.5. The number of nitrogens with one attached hydrogen (secondary N) is 1. The Bertz CT molecular complexity index is 1200. The lowest BCUT2D eigenvalue weighted by molar-refractivity contribution is -0.146. The van der Waals surface area contributed by atoms with E-state index in [4.69, 9.17) is 9.47 Å². The molecule has 0 spiro atoms. The van der Waals surface area contributed by atoms with Crippen molar-refractivity contribution in [2.75, 3.05) is 5.32 Å². The Morgan fingerprint density at radius 1 is 1.15 bits per heavy atom. The Labute approximate surface area is 206 Å². The molecule has 1 unspecified atom stereocenters. The monoisotopic (exact) mass is 523 g/mol. The number of ether oxygens (including phenoxy) is 2. The highest BCUT2D eigenvalue weighted by molar-refractivity contribution is 9.10. The van der Waals surface area contributed by atoms with E-state index in [-0.39, 0.29) is 12.1 Å². The van der Waals surface area contributed by atoms with E-state index < -0.39 is 6.04 Å². The van der Waals surface area contributed by atoms with Crippen LogP contribution in [0.4, 0.5) is 5.95 Å². The van der Waals surface area contributed by atoms with E-state index in [2.05, 4.69) is 36.8 Å². The molecule has 0 amide bonds. The fraction of sp³-hybridized carbons (Fsp3) is 0.360. The van der Waals surface area contributed by atoms with Gasteiger partial charge in [0, 0.05) is 10.2 Å². The fourth-order valence-electron chi connectivity index (χ4n) is 4.52. The van der Waals surface area contributed by atoms with Crippen molar-refractivity contribution in [3.05, 3.63) is 75.4 Å². The largest absolute Gasteiger partial charge is 0.489 e. The third-order valence-electron chi connectivity index (χ3n) is 6.25. The number of esters is 1. The highest BCUT2D eigenvalue weighted by atomic mass is 79.9. The van der Waals surface area contributed by atoms with Crippen LogP contribution in [-0.4, -0.2) is 32.3 Å². The Kier molecular flexibility index (Phi) is 6.62. The lowest BCUT2D eigenvalue weighted by Crippen LogP contribution is -2.32. The predicted molar refractivity (Wildman–Crippen MR) is 130 cm³/mol. The third kappa shape index (κ3) is 4.84. The number of carbonyl (C=O) groups excluding carboxylic acids is 1. The minimum atomic E-state index is -0.485. The van der Waals surface area contributed by atoms with Gasteiger partial charge in [-0.2, -0.15) is 4.68 Å². The van der Waals surface area contributed by atoms with Gasteiger partial charge in [-0.3, -0.25) is 0 Å². The van der Waals surface area contributed by atoms with Gasteiger partial charge in [0.05, 0.1) is 5.57 Å². The smallest absolute Gasteiger partial charge is 0.338 e. The number of fused-ring (bicyclic) bond motifs is 1. The van der Waals surface area contributed by atoms with E-state index in [1.807, 2.05) is 55.5 Å². The maximum atomic E-state index is 13.3. The first-order chi connectivity index (χ1) is 16.6. The Morgan fingerprint density at radius 2 is 1.94 bits per heavy atom. The highest BCUT2D eigenvalue weighted by Crippen LogP contribution is 2.36. The van der Waals surface area contributed by atoms with Crippen LogP contribution in [0.25, 0.3) is 0 Å². The molecule has 1 N–H and O–H groups in total. The lowest BCUT2D eigenvalue weighted by atomic mass is 9.95. The Hall–Kier alpha value is -3.20. The maximum absolute atomic E-state index is 13.3. The molecule has 0 saturated heterocycles. The third-order valence-corrected chi connectivity index (χ3v) is 6.74. The van der Waals surface area contributed by atoms with Gasteiger partial charge in [0.1, 0.15) is 24.5 Å². The van der Waals surface area contributed by atoms with Crippen molar-refractivity contribution < 1.29 is 14.3 Å². The van der Waals surface area contributed by atoms with E-state index in [0.29, 0.717) is 23.8 Å². The van der Waals surface area contributed by atoms with Crippen LogP contribution >= 0.6 is 15.9 Å². The number of halogens is 1. The minimum absolute atomic E-state index is 0.0359. The molecule has 1 aliphatic carbocycles. The van der Waals surface area contributed by atoms with E-state index in [1.54, 1.807) is 4.68 Å². The molecule has 0 bridgehead atoms. The van der Waals surface area contributed by atoms with Crippen molar-refractivity contribution in [3.63, 3.8) is 0 Å². The number of allylic oxidation sites excluding steroid dienone is 1. The number of hydrogen-bond acceptors (Lipinski definition) is 7. The second-order valence-corrected chi connectivity index (χ2v) is 9.58. The lowest BCUT2D eigenvalue weighted by Gasteiger charge is -2.29. The number of tetrazole rings is 1. The van der Waals surface area contributed by atoms with Crippen LogP contribution in [0.2, 0.25) is 0 Å². The summed E-state index contributed by atoms with van der Waals surface area (Å²) in [7, 11) is 0. The molecule has 176 valence electrons. The standard InChI is InChI=1S/C25H26BrN5O3/c1-16-22(24(32)34-21-8-3-2-4-9-21)23(31-25(27-16)28-29-30-31)18-10-12-20(13-11-18)33-15-17-6-5-7-19(26)14-17/h5-7,10-14,21,23H,2-4,8-9,15H2,1H3,(H,27,28,30). The van der Waals surface area contributed by atoms with Crippen molar-refractivity contribution in [3.8, 4) is 5.75 Å². The predicted octanol–water partition coefficient (Wildman–Crippen LogP) is 5.18. The second-order valence-electron chi connectivity index (χ2n) is 8.67. The average molecular weight is 524 g/mol. The number of anilines is 1. The maximum Gasteiger partial charge on any atom is 0.338 e. The first kappa shape index (κ1) is 22.6. The van der Waals surface area contributed by atoms with Crippen LogP contribution in [0.15, 0.2) is 64.3 Å². The van der Waals surface area contributed by atoms with Gasteiger partial charge in [0.25, 0.3) is 0 Å². The summed E-state index contributed by atoms with van der Waals surface area (Å²) in [6.07, 6.45) is 5.18. The van der Waals surface area contributed by atoms with Gasteiger partial charge in [-0.15, -0.1) is 0 Å². The summed E-state index contributed by atoms with van der Waals surface area (Å²) in [5.74, 6) is 0.909. The fourth-order valence-corrected chi connectivity index (χ4v) is 4.97. The molecule has 2 aliphatic rings. The SMILES string of the molecule is CC1=C(C(=O)OC2CCCCC2)C(c2ccc(OCc3cccc(Br)c3)cc2)n2nnnc2N1. The first-order valence-electron chi connectivity index (χ1n) is 11.5. The van der Waals surface area contributed by atoms with E-state index in [9.17, 15) is 4.79 Å². The van der Waals surface area contributed by atoms with Crippen LogP contribution in [0, 0.1) is 0 Å². The molecule has 1 aliphatic heterocycles. The quantitative estimate of drug-likeness (QED) is 0.445. The van der Waals surface area contributed by atoms with Crippen molar-refractivity contribution in [1.82, 2.24) is 20.2 Å². The minimum Gasteiger partial charge on any atom is -0.489 e. The summed E-state index contributed by atoms with van der Waals surface area (Å²) in [6, 6.07) is 15.2. The number of benzene rings is 2. The first-order valence-corrected chi connectivity index (χ1v) is 12.3. The summed E-state index contributed by atoms with van der Waals surface area (Å²) in [5.41, 5.74) is 3.16. The zero-order valence-electron chi connectivity index (χ0n) is 18.9. The molecular formula is C25H26BrN5O3. The van der Waals surface area contributed by atoms with Gasteiger partial charge in [-0.25, -0.2) is 4.79 Å². The van der Waals surface area contributed by atoms with Crippen LogP contribution < -0.4 is 10.1 Å². The zero-order chi connectivity index (χ0) is 23.5.